The van der Waals surface area contributed by atoms with E-state index in [0.29, 0.717) is 40.9 Å². The Hall–Kier alpha value is -5.97. The number of nitrogens with zero attached hydrogens (tertiary/aromatic N) is 3. The second-order valence-electron chi connectivity index (χ2n) is 16.0. The first-order valence-corrected chi connectivity index (χ1v) is 20.8. The van der Waals surface area contributed by atoms with Crippen molar-refractivity contribution in [1.82, 2.24) is 30.1 Å². The van der Waals surface area contributed by atoms with Gasteiger partial charge in [0.1, 0.15) is 40.8 Å². The van der Waals surface area contributed by atoms with Gasteiger partial charge in [-0.25, -0.2) is 18.2 Å². The number of alkyl carbamates (subject to hydrolysis) is 1. The summed E-state index contributed by atoms with van der Waals surface area (Å²) >= 11 is 0. The predicted molar refractivity (Wildman–Crippen MR) is 219 cm³/mol. The highest BCUT2D eigenvalue weighted by molar-refractivity contribution is 7.91. The first kappa shape index (κ1) is 42.6. The van der Waals surface area contributed by atoms with Crippen LogP contribution in [0.15, 0.2) is 79.9 Å². The van der Waals surface area contributed by atoms with Gasteiger partial charge in [-0.05, 0) is 58.2 Å². The molecule has 0 bridgehead atoms. The lowest BCUT2D eigenvalue weighted by atomic mass is 10.1. The van der Waals surface area contributed by atoms with E-state index in [9.17, 15) is 32.4 Å². The smallest absolute Gasteiger partial charge is 0.408 e. The van der Waals surface area contributed by atoms with Crippen molar-refractivity contribution in [1.29, 1.82) is 0 Å². The zero-order chi connectivity index (χ0) is 42.9. The zero-order valence-corrected chi connectivity index (χ0v) is 34.5. The minimum Gasteiger partial charge on any atom is -0.497 e. The van der Waals surface area contributed by atoms with E-state index in [1.54, 1.807) is 52.1 Å². The molecule has 1 saturated heterocycles. The van der Waals surface area contributed by atoms with E-state index in [-0.39, 0.29) is 25.9 Å². The minimum absolute atomic E-state index is 0.0738. The van der Waals surface area contributed by atoms with Crippen LogP contribution in [-0.2, 0) is 33.9 Å². The maximum absolute atomic E-state index is 14.7. The molecule has 2 saturated carbocycles. The number of carbonyl (C=O) groups excluding carboxylic acids is 5. The molecule has 16 nitrogen and oxygen atoms in total. The number of hydrogen-bond acceptors (Lipinski definition) is 11. The molecule has 314 valence electrons. The van der Waals surface area contributed by atoms with Crippen LogP contribution in [0.4, 0.5) is 4.79 Å². The number of fused-ring (bicyclic) bond motifs is 1. The van der Waals surface area contributed by atoms with Crippen LogP contribution in [0.2, 0.25) is 0 Å². The van der Waals surface area contributed by atoms with E-state index in [1.165, 1.54) is 22.9 Å². The maximum Gasteiger partial charge on any atom is 0.408 e. The van der Waals surface area contributed by atoms with E-state index in [4.69, 9.17) is 19.2 Å². The largest absolute Gasteiger partial charge is 0.497 e. The molecule has 5 atom stereocenters. The van der Waals surface area contributed by atoms with Gasteiger partial charge in [0, 0.05) is 42.5 Å². The molecular weight excluding hydrogens is 781 g/mol. The van der Waals surface area contributed by atoms with Crippen molar-refractivity contribution in [2.24, 2.45) is 5.92 Å². The number of nitrogens with one attached hydrogen (secondary N) is 3. The quantitative estimate of drug-likeness (QED) is 0.150. The number of likely N-dealkylation sites (tertiary alicyclic amines) is 1. The van der Waals surface area contributed by atoms with Crippen LogP contribution in [0.25, 0.3) is 22.2 Å². The van der Waals surface area contributed by atoms with Crippen LogP contribution < -0.4 is 24.8 Å². The fourth-order valence-corrected chi connectivity index (χ4v) is 8.45. The Morgan fingerprint density at radius 1 is 1.07 bits per heavy atom. The number of carbonyl (C=O) groups is 5. The molecule has 5 amide bonds. The summed E-state index contributed by atoms with van der Waals surface area (Å²) < 4.78 is 45.3. The summed E-state index contributed by atoms with van der Waals surface area (Å²) in [5.41, 5.74) is -0.596. The standard InChI is InChI=1S/C42H50N6O10S/c1-8-26-22-42(26,39(52)46-59(54,55)29-16-17-29)45-37(50)34-20-28(23-48(34)38(51)33(24-47(6)36(49)9-2)44-40(53)58-41(3,4)5)57-35-21-31(25-13-11-10-12-14-25)43-32-19-27(56-7)15-18-30(32)35/h8-15,18-19,21,26,28-29,33-34H,1-2,16-17,20,22-24H2,3-7H3,(H,44,53)(H,45,50)(H,46,52). The summed E-state index contributed by atoms with van der Waals surface area (Å²) in [5.74, 6) is -2.54. The number of sulfonamides is 1. The SMILES string of the molecule is C=CC(=O)N(C)CC(NC(=O)OC(C)(C)C)C(=O)N1CC(Oc2cc(-c3ccccc3)nc3cc(OC)ccc23)CC1C(=O)NC1(C(=O)NS(=O)(=O)C2CC2)CC1C=C. The molecule has 2 aliphatic carbocycles. The molecule has 3 aliphatic rings. The first-order valence-electron chi connectivity index (χ1n) is 19.3. The summed E-state index contributed by atoms with van der Waals surface area (Å²) in [6.45, 7) is 11.7. The van der Waals surface area contributed by atoms with Crippen molar-refractivity contribution in [3.05, 3.63) is 79.9 Å². The number of benzene rings is 2. The van der Waals surface area contributed by atoms with E-state index in [1.807, 2.05) is 30.3 Å². The zero-order valence-electron chi connectivity index (χ0n) is 33.7. The fraction of sp³-hybridized carbons (Fsp3) is 0.429. The molecule has 2 aromatic carbocycles. The summed E-state index contributed by atoms with van der Waals surface area (Å²) in [4.78, 5) is 75.8. The van der Waals surface area contributed by atoms with Crippen LogP contribution in [-0.4, -0.2) is 115 Å². The van der Waals surface area contributed by atoms with E-state index < -0.39 is 80.2 Å². The van der Waals surface area contributed by atoms with Gasteiger partial charge in [0.15, 0.2) is 0 Å². The molecule has 1 aromatic heterocycles. The molecule has 3 aromatic rings. The van der Waals surface area contributed by atoms with Gasteiger partial charge < -0.3 is 34.6 Å². The third kappa shape index (κ3) is 9.67. The summed E-state index contributed by atoms with van der Waals surface area (Å²) in [6, 6.07) is 13.8. The Kier molecular flexibility index (Phi) is 12.1. The Morgan fingerprint density at radius 2 is 1.78 bits per heavy atom. The van der Waals surface area contributed by atoms with E-state index >= 15 is 0 Å². The minimum atomic E-state index is -3.96. The normalized spacial score (nSPS) is 21.7. The van der Waals surface area contributed by atoms with Gasteiger partial charge in [-0.15, -0.1) is 6.58 Å². The van der Waals surface area contributed by atoms with Gasteiger partial charge in [0.25, 0.3) is 5.91 Å². The second kappa shape index (κ2) is 16.7. The number of hydrogen-bond donors (Lipinski definition) is 3. The van der Waals surface area contributed by atoms with Crippen molar-refractivity contribution in [3.63, 3.8) is 0 Å². The second-order valence-corrected chi connectivity index (χ2v) is 18.0. The number of methoxy groups -OCH3 is 1. The number of ether oxygens (including phenoxy) is 3. The summed E-state index contributed by atoms with van der Waals surface area (Å²) in [6.07, 6.45) is 1.62. The Morgan fingerprint density at radius 3 is 2.39 bits per heavy atom. The lowest BCUT2D eigenvalue weighted by Gasteiger charge is -2.31. The van der Waals surface area contributed by atoms with Crippen molar-refractivity contribution in [2.45, 2.75) is 81.0 Å². The Balaban J connectivity index is 1.36. The molecule has 59 heavy (non-hydrogen) atoms. The molecular formula is C42H50N6O10S. The van der Waals surface area contributed by atoms with Crippen LogP contribution in [0.5, 0.6) is 11.5 Å². The van der Waals surface area contributed by atoms with Gasteiger partial charge in [-0.3, -0.25) is 23.9 Å². The summed E-state index contributed by atoms with van der Waals surface area (Å²) in [7, 11) is -0.989. The van der Waals surface area contributed by atoms with Crippen LogP contribution in [0, 0.1) is 5.92 Å². The third-order valence-electron chi connectivity index (χ3n) is 10.4. The maximum atomic E-state index is 14.7. The highest BCUT2D eigenvalue weighted by Crippen LogP contribution is 2.45. The number of aromatic nitrogens is 1. The van der Waals surface area contributed by atoms with E-state index in [2.05, 4.69) is 28.5 Å². The molecule has 17 heteroatoms. The molecule has 3 fully saturated rings. The van der Waals surface area contributed by atoms with Gasteiger partial charge in [-0.1, -0.05) is 43.0 Å². The highest BCUT2D eigenvalue weighted by atomic mass is 32.2. The number of likely N-dealkylation sites (N-methyl/N-ethyl adjacent to an activating group) is 1. The van der Waals surface area contributed by atoms with Crippen molar-refractivity contribution in [2.75, 3.05) is 27.2 Å². The average molecular weight is 831 g/mol. The number of amides is 5. The topological polar surface area (TPSA) is 203 Å². The van der Waals surface area contributed by atoms with Crippen LogP contribution >= 0.6 is 0 Å². The lowest BCUT2D eigenvalue weighted by Crippen LogP contribution is -2.60. The fourth-order valence-electron chi connectivity index (χ4n) is 7.09. The third-order valence-corrected chi connectivity index (χ3v) is 12.3. The van der Waals surface area contributed by atoms with E-state index in [0.717, 1.165) is 11.6 Å². The predicted octanol–water partition coefficient (Wildman–Crippen LogP) is 3.47. The van der Waals surface area contributed by atoms with Crippen molar-refractivity contribution < 1.29 is 46.6 Å². The van der Waals surface area contributed by atoms with Crippen LogP contribution in [0.3, 0.4) is 0 Å². The van der Waals surface area contributed by atoms with Gasteiger partial charge in [0.05, 0.1) is 36.7 Å². The van der Waals surface area contributed by atoms with Gasteiger partial charge in [-0.2, -0.15) is 0 Å². The summed E-state index contributed by atoms with van der Waals surface area (Å²) in [5, 5.41) is 5.27. The molecule has 0 radical (unpaired) electrons. The Bertz CT molecular complexity index is 2280. The first-order chi connectivity index (χ1) is 27.9. The van der Waals surface area contributed by atoms with Gasteiger partial charge >= 0.3 is 6.09 Å². The molecule has 2 heterocycles. The monoisotopic (exact) mass is 830 g/mol. The molecule has 6 rings (SSSR count). The number of pyridine rings is 1. The Labute approximate surface area is 343 Å². The van der Waals surface area contributed by atoms with Crippen molar-refractivity contribution >= 4 is 50.6 Å². The molecule has 0 spiro atoms. The molecule has 1 aliphatic heterocycles. The van der Waals surface area contributed by atoms with Crippen LogP contribution in [0.1, 0.15) is 46.5 Å². The highest BCUT2D eigenvalue weighted by Gasteiger charge is 2.62. The molecule has 3 N–H and O–H groups in total. The van der Waals surface area contributed by atoms with Gasteiger partial charge in [0.2, 0.25) is 27.7 Å². The van der Waals surface area contributed by atoms with Crippen molar-refractivity contribution in [3.8, 4) is 22.8 Å². The average Bonchev–Trinajstić information content (AvgIpc) is 4.13. The lowest BCUT2D eigenvalue weighted by molar-refractivity contribution is -0.141. The molecule has 5 unspecified atom stereocenters. The number of rotatable bonds is 15.